The Morgan fingerprint density at radius 3 is 2.55 bits per heavy atom. The second kappa shape index (κ2) is 4.77. The summed E-state index contributed by atoms with van der Waals surface area (Å²) in [7, 11) is 0. The van der Waals surface area contributed by atoms with E-state index in [2.05, 4.69) is 15.3 Å². The van der Waals surface area contributed by atoms with Crippen LogP contribution in [0.2, 0.25) is 0 Å². The average Bonchev–Trinajstić information content (AvgIpc) is 3.18. The van der Waals surface area contributed by atoms with Gasteiger partial charge < -0.3 is 5.32 Å². The van der Waals surface area contributed by atoms with Crippen LogP contribution in [0.4, 0.5) is 19.1 Å². The van der Waals surface area contributed by atoms with Crippen molar-refractivity contribution in [2.45, 2.75) is 24.6 Å². The molecule has 3 nitrogen and oxygen atoms in total. The molecule has 0 amide bonds. The molecule has 1 heterocycles. The number of alkyl halides is 3. The van der Waals surface area contributed by atoms with Gasteiger partial charge in [0.05, 0.1) is 0 Å². The predicted molar refractivity (Wildman–Crippen MR) is 68.2 cm³/mol. The summed E-state index contributed by atoms with van der Waals surface area (Å²) in [6.07, 6.45) is -2.44. The Labute approximate surface area is 113 Å². The molecule has 0 unspecified atom stereocenters. The van der Waals surface area contributed by atoms with E-state index in [1.807, 2.05) is 30.3 Å². The Hall–Kier alpha value is -2.11. The first-order valence-corrected chi connectivity index (χ1v) is 6.26. The van der Waals surface area contributed by atoms with E-state index in [-0.39, 0.29) is 12.0 Å². The smallest absolute Gasteiger partial charge is 0.351 e. The van der Waals surface area contributed by atoms with Crippen LogP contribution in [-0.2, 0) is 6.18 Å². The number of hydrogen-bond acceptors (Lipinski definition) is 3. The van der Waals surface area contributed by atoms with Crippen molar-refractivity contribution in [2.75, 3.05) is 5.32 Å². The van der Waals surface area contributed by atoms with Crippen molar-refractivity contribution in [1.82, 2.24) is 9.97 Å². The van der Waals surface area contributed by atoms with Gasteiger partial charge in [-0.3, -0.25) is 0 Å². The number of nitrogens with one attached hydrogen (secondary N) is 1. The topological polar surface area (TPSA) is 37.8 Å². The monoisotopic (exact) mass is 279 g/mol. The molecule has 1 aliphatic rings. The number of aromatic nitrogens is 2. The van der Waals surface area contributed by atoms with Gasteiger partial charge in [0.25, 0.3) is 0 Å². The number of hydrogen-bond donors (Lipinski definition) is 1. The second-order valence-electron chi connectivity index (χ2n) is 4.77. The van der Waals surface area contributed by atoms with Gasteiger partial charge in [0.1, 0.15) is 5.69 Å². The SMILES string of the molecule is FC(F)(F)c1ccnc(N[C@H]2C[C@H]2c2ccccc2)n1. The van der Waals surface area contributed by atoms with Crippen LogP contribution in [0.15, 0.2) is 42.6 Å². The third kappa shape index (κ3) is 2.74. The van der Waals surface area contributed by atoms with Crippen molar-refractivity contribution in [2.24, 2.45) is 0 Å². The first kappa shape index (κ1) is 12.9. The lowest BCUT2D eigenvalue weighted by atomic mass is 10.1. The van der Waals surface area contributed by atoms with Gasteiger partial charge in [-0.25, -0.2) is 9.97 Å². The maximum absolute atomic E-state index is 12.5. The van der Waals surface area contributed by atoms with E-state index in [9.17, 15) is 13.2 Å². The van der Waals surface area contributed by atoms with Crippen LogP contribution in [-0.4, -0.2) is 16.0 Å². The fourth-order valence-electron chi connectivity index (χ4n) is 2.18. The molecule has 6 heteroatoms. The van der Waals surface area contributed by atoms with Crippen LogP contribution in [0, 0.1) is 0 Å². The molecule has 0 radical (unpaired) electrons. The van der Waals surface area contributed by atoms with Gasteiger partial charge in [-0.1, -0.05) is 30.3 Å². The van der Waals surface area contributed by atoms with E-state index in [4.69, 9.17) is 0 Å². The van der Waals surface area contributed by atoms with E-state index >= 15 is 0 Å². The predicted octanol–water partition coefficient (Wildman–Crippen LogP) is 3.46. The minimum atomic E-state index is -4.44. The number of anilines is 1. The first-order valence-electron chi connectivity index (χ1n) is 6.26. The van der Waals surface area contributed by atoms with Crippen LogP contribution >= 0.6 is 0 Å². The summed E-state index contributed by atoms with van der Waals surface area (Å²) in [6.45, 7) is 0. The van der Waals surface area contributed by atoms with Gasteiger partial charge in [0.15, 0.2) is 0 Å². The molecular formula is C14H12F3N3. The van der Waals surface area contributed by atoms with Gasteiger partial charge in [-0.05, 0) is 18.1 Å². The average molecular weight is 279 g/mol. The van der Waals surface area contributed by atoms with Crippen LogP contribution in [0.25, 0.3) is 0 Å². The molecule has 1 aliphatic carbocycles. The van der Waals surface area contributed by atoms with Gasteiger partial charge in [-0.15, -0.1) is 0 Å². The minimum Gasteiger partial charge on any atom is -0.351 e. The van der Waals surface area contributed by atoms with E-state index in [0.29, 0.717) is 5.92 Å². The molecule has 2 atom stereocenters. The van der Waals surface area contributed by atoms with Crippen LogP contribution in [0.3, 0.4) is 0 Å². The Kier molecular flexibility index (Phi) is 3.08. The molecule has 0 aliphatic heterocycles. The van der Waals surface area contributed by atoms with Gasteiger partial charge in [0.2, 0.25) is 5.95 Å². The summed E-state index contributed by atoms with van der Waals surface area (Å²) in [6, 6.07) is 10.8. The number of rotatable bonds is 3. The van der Waals surface area contributed by atoms with E-state index in [1.54, 1.807) is 0 Å². The molecule has 20 heavy (non-hydrogen) atoms. The van der Waals surface area contributed by atoms with Crippen LogP contribution < -0.4 is 5.32 Å². The molecule has 0 bridgehead atoms. The van der Waals surface area contributed by atoms with Gasteiger partial charge in [-0.2, -0.15) is 13.2 Å². The molecule has 1 saturated carbocycles. The number of nitrogens with zero attached hydrogens (tertiary/aromatic N) is 2. The third-order valence-corrected chi connectivity index (χ3v) is 3.28. The highest BCUT2D eigenvalue weighted by molar-refractivity contribution is 5.37. The molecule has 1 aromatic carbocycles. The molecular weight excluding hydrogens is 267 g/mol. The fourth-order valence-corrected chi connectivity index (χ4v) is 2.18. The zero-order chi connectivity index (χ0) is 14.2. The summed E-state index contributed by atoms with van der Waals surface area (Å²) in [5.74, 6) is 0.345. The zero-order valence-corrected chi connectivity index (χ0v) is 10.4. The Morgan fingerprint density at radius 1 is 1.10 bits per heavy atom. The molecule has 1 fully saturated rings. The largest absolute Gasteiger partial charge is 0.433 e. The molecule has 104 valence electrons. The van der Waals surface area contributed by atoms with E-state index in [0.717, 1.165) is 18.7 Å². The standard InChI is InChI=1S/C14H12F3N3/c15-14(16,17)12-6-7-18-13(20-12)19-11-8-10(11)9-4-2-1-3-5-9/h1-7,10-11H,8H2,(H,18,19,20)/t10-,11-/m0/s1. The van der Waals surface area contributed by atoms with Crippen molar-refractivity contribution < 1.29 is 13.2 Å². The van der Waals surface area contributed by atoms with E-state index < -0.39 is 11.9 Å². The van der Waals surface area contributed by atoms with Crippen molar-refractivity contribution >= 4 is 5.95 Å². The summed E-state index contributed by atoms with van der Waals surface area (Å²) in [5, 5.41) is 2.95. The minimum absolute atomic E-state index is 0.0308. The summed E-state index contributed by atoms with van der Waals surface area (Å²) >= 11 is 0. The van der Waals surface area contributed by atoms with Gasteiger partial charge >= 0.3 is 6.18 Å². The molecule has 3 rings (SSSR count). The lowest BCUT2D eigenvalue weighted by molar-refractivity contribution is -0.141. The lowest BCUT2D eigenvalue weighted by Crippen LogP contribution is -2.13. The molecule has 0 saturated heterocycles. The second-order valence-corrected chi connectivity index (χ2v) is 4.77. The first-order chi connectivity index (χ1) is 9.54. The maximum Gasteiger partial charge on any atom is 0.433 e. The van der Waals surface area contributed by atoms with Crippen molar-refractivity contribution in [3.63, 3.8) is 0 Å². The molecule has 1 aromatic heterocycles. The van der Waals surface area contributed by atoms with Crippen molar-refractivity contribution in [3.05, 3.63) is 53.9 Å². The normalized spacial score (nSPS) is 21.6. The van der Waals surface area contributed by atoms with Crippen molar-refractivity contribution in [3.8, 4) is 0 Å². The molecule has 0 spiro atoms. The molecule has 2 aromatic rings. The lowest BCUT2D eigenvalue weighted by Gasteiger charge is -2.08. The number of halogens is 3. The zero-order valence-electron chi connectivity index (χ0n) is 10.4. The third-order valence-electron chi connectivity index (χ3n) is 3.28. The summed E-state index contributed by atoms with van der Waals surface area (Å²) in [5.41, 5.74) is 0.254. The maximum atomic E-state index is 12.5. The fraction of sp³-hybridized carbons (Fsp3) is 0.286. The highest BCUT2D eigenvalue weighted by Crippen LogP contribution is 2.42. The summed E-state index contributed by atoms with van der Waals surface area (Å²) in [4.78, 5) is 7.34. The van der Waals surface area contributed by atoms with E-state index in [1.165, 1.54) is 5.56 Å². The molecule has 1 N–H and O–H groups in total. The van der Waals surface area contributed by atoms with Gasteiger partial charge in [0, 0.05) is 18.2 Å². The highest BCUT2D eigenvalue weighted by atomic mass is 19.4. The Bertz CT molecular complexity index is 598. The summed E-state index contributed by atoms with van der Waals surface area (Å²) < 4.78 is 37.6. The van der Waals surface area contributed by atoms with Crippen molar-refractivity contribution in [1.29, 1.82) is 0 Å². The quantitative estimate of drug-likeness (QED) is 0.935. The highest BCUT2D eigenvalue weighted by Gasteiger charge is 2.39. The number of benzene rings is 1. The van der Waals surface area contributed by atoms with Crippen LogP contribution in [0.1, 0.15) is 23.6 Å². The Morgan fingerprint density at radius 2 is 1.85 bits per heavy atom. The van der Waals surface area contributed by atoms with Crippen LogP contribution in [0.5, 0.6) is 0 Å². The Balaban J connectivity index is 1.69.